The molecule has 1 heterocycles. The van der Waals surface area contributed by atoms with Crippen LogP contribution in [-0.4, -0.2) is 63.9 Å². The molecule has 2 rings (SSSR count). The maximum atomic E-state index is 11.9. The van der Waals surface area contributed by atoms with E-state index in [9.17, 15) is 4.79 Å². The minimum absolute atomic E-state index is 0. The van der Waals surface area contributed by atoms with E-state index in [0.717, 1.165) is 18.7 Å². The number of nitrogens with zero attached hydrogens (tertiary/aromatic N) is 1. The fraction of sp³-hybridized carbons (Fsp3) is 0.588. The second kappa shape index (κ2) is 12.2. The summed E-state index contributed by atoms with van der Waals surface area (Å²) in [6.45, 7) is 5.15. The predicted octanol–water partition coefficient (Wildman–Crippen LogP) is 1.38. The van der Waals surface area contributed by atoms with Gasteiger partial charge in [0.25, 0.3) is 0 Å². The van der Waals surface area contributed by atoms with Crippen molar-refractivity contribution in [2.75, 3.05) is 47.1 Å². The van der Waals surface area contributed by atoms with Crippen LogP contribution in [-0.2, 0) is 9.53 Å². The fourth-order valence-corrected chi connectivity index (χ4v) is 2.77. The van der Waals surface area contributed by atoms with Gasteiger partial charge in [-0.2, -0.15) is 0 Å². The maximum absolute atomic E-state index is 11.9. The van der Waals surface area contributed by atoms with Gasteiger partial charge < -0.3 is 25.3 Å². The summed E-state index contributed by atoms with van der Waals surface area (Å²) in [5.41, 5.74) is 6.70. The molecule has 7 nitrogen and oxygen atoms in total. The lowest BCUT2D eigenvalue weighted by Gasteiger charge is -2.35. The molecule has 0 spiro atoms. The third-order valence-corrected chi connectivity index (χ3v) is 4.16. The lowest BCUT2D eigenvalue weighted by atomic mass is 10.0. The summed E-state index contributed by atoms with van der Waals surface area (Å²) in [6, 6.07) is 5.34. The van der Waals surface area contributed by atoms with E-state index < -0.39 is 6.04 Å². The minimum atomic E-state index is -0.527. The third kappa shape index (κ3) is 6.48. The minimum Gasteiger partial charge on any atom is -0.493 e. The van der Waals surface area contributed by atoms with Crippen molar-refractivity contribution in [2.24, 2.45) is 5.73 Å². The molecule has 1 aromatic carbocycles. The van der Waals surface area contributed by atoms with Crippen LogP contribution in [0.3, 0.4) is 0 Å². The summed E-state index contributed by atoms with van der Waals surface area (Å²) >= 11 is 0. The Morgan fingerprint density at radius 2 is 1.85 bits per heavy atom. The standard InChI is InChI=1S/C17H27N3O4.2ClH/c1-12(18)17(21)19-11-14(20-6-8-24-9-7-20)13-4-5-15(22-2)16(10-13)23-3;;/h4-5,10,12,14H,6-9,11,18H2,1-3H3,(H,19,21);2*1H/t12-,14?;;/m1../s1. The van der Waals surface area contributed by atoms with E-state index in [1.807, 2.05) is 18.2 Å². The summed E-state index contributed by atoms with van der Waals surface area (Å²) in [4.78, 5) is 14.2. The number of rotatable bonds is 7. The number of amides is 1. The van der Waals surface area contributed by atoms with Gasteiger partial charge in [-0.15, -0.1) is 24.8 Å². The highest BCUT2D eigenvalue weighted by Gasteiger charge is 2.24. The number of morpholine rings is 1. The van der Waals surface area contributed by atoms with Crippen molar-refractivity contribution < 1.29 is 19.0 Å². The summed E-state index contributed by atoms with van der Waals surface area (Å²) in [7, 11) is 3.23. The van der Waals surface area contributed by atoms with Gasteiger partial charge in [0.15, 0.2) is 11.5 Å². The second-order valence-corrected chi connectivity index (χ2v) is 5.81. The van der Waals surface area contributed by atoms with E-state index in [1.54, 1.807) is 21.1 Å². The van der Waals surface area contributed by atoms with Crippen molar-refractivity contribution in [2.45, 2.75) is 19.0 Å². The molecule has 3 N–H and O–H groups in total. The maximum Gasteiger partial charge on any atom is 0.236 e. The molecule has 0 aliphatic carbocycles. The van der Waals surface area contributed by atoms with E-state index >= 15 is 0 Å². The van der Waals surface area contributed by atoms with E-state index in [0.29, 0.717) is 31.3 Å². The molecule has 0 radical (unpaired) electrons. The van der Waals surface area contributed by atoms with Crippen molar-refractivity contribution in [1.82, 2.24) is 10.2 Å². The number of carbonyl (C=O) groups is 1. The van der Waals surface area contributed by atoms with Gasteiger partial charge in [0, 0.05) is 19.6 Å². The molecule has 0 bridgehead atoms. The molecular weight excluding hydrogens is 381 g/mol. The van der Waals surface area contributed by atoms with Crippen molar-refractivity contribution >= 4 is 30.7 Å². The van der Waals surface area contributed by atoms with Gasteiger partial charge in [-0.05, 0) is 24.6 Å². The van der Waals surface area contributed by atoms with Crippen LogP contribution in [0.4, 0.5) is 0 Å². The molecule has 1 fully saturated rings. The van der Waals surface area contributed by atoms with Gasteiger partial charge >= 0.3 is 0 Å². The largest absolute Gasteiger partial charge is 0.493 e. The topological polar surface area (TPSA) is 86.0 Å². The first kappa shape index (κ1) is 24.8. The monoisotopic (exact) mass is 409 g/mol. The average molecular weight is 410 g/mol. The van der Waals surface area contributed by atoms with Crippen molar-refractivity contribution in [3.8, 4) is 11.5 Å². The Hall–Kier alpha value is -1.25. The van der Waals surface area contributed by atoms with Crippen molar-refractivity contribution in [3.63, 3.8) is 0 Å². The van der Waals surface area contributed by atoms with Gasteiger partial charge in [-0.25, -0.2) is 0 Å². The number of benzene rings is 1. The van der Waals surface area contributed by atoms with Crippen LogP contribution in [0, 0.1) is 0 Å². The Balaban J connectivity index is 0.00000312. The lowest BCUT2D eigenvalue weighted by Crippen LogP contribution is -2.46. The quantitative estimate of drug-likeness (QED) is 0.707. The normalized spacial score (nSPS) is 16.5. The summed E-state index contributed by atoms with van der Waals surface area (Å²) in [6.07, 6.45) is 0. The fourth-order valence-electron chi connectivity index (χ4n) is 2.77. The van der Waals surface area contributed by atoms with Crippen LogP contribution in [0.1, 0.15) is 18.5 Å². The predicted molar refractivity (Wildman–Crippen MR) is 106 cm³/mol. The first-order valence-electron chi connectivity index (χ1n) is 8.13. The third-order valence-electron chi connectivity index (χ3n) is 4.16. The van der Waals surface area contributed by atoms with Gasteiger partial charge in [0.1, 0.15) is 0 Å². The number of ether oxygens (including phenoxy) is 3. The first-order valence-corrected chi connectivity index (χ1v) is 8.13. The second-order valence-electron chi connectivity index (χ2n) is 5.81. The zero-order valence-electron chi connectivity index (χ0n) is 15.4. The number of methoxy groups -OCH3 is 2. The number of carbonyl (C=O) groups excluding carboxylic acids is 1. The number of halogens is 2. The molecule has 0 saturated carbocycles. The Morgan fingerprint density at radius 3 is 2.38 bits per heavy atom. The van der Waals surface area contributed by atoms with Crippen LogP contribution in [0.15, 0.2) is 18.2 Å². The Labute approximate surface area is 167 Å². The van der Waals surface area contributed by atoms with Crippen LogP contribution >= 0.6 is 24.8 Å². The highest BCUT2D eigenvalue weighted by atomic mass is 35.5. The average Bonchev–Trinajstić information content (AvgIpc) is 2.62. The summed E-state index contributed by atoms with van der Waals surface area (Å²) in [5.74, 6) is 1.20. The molecule has 1 aromatic rings. The van der Waals surface area contributed by atoms with E-state index in [1.165, 1.54) is 0 Å². The number of hydrogen-bond donors (Lipinski definition) is 2. The molecule has 1 amide bonds. The molecule has 2 atom stereocenters. The van der Waals surface area contributed by atoms with Crippen molar-refractivity contribution in [3.05, 3.63) is 23.8 Å². The molecule has 1 aliphatic rings. The lowest BCUT2D eigenvalue weighted by molar-refractivity contribution is -0.122. The highest BCUT2D eigenvalue weighted by Crippen LogP contribution is 2.32. The van der Waals surface area contributed by atoms with Crippen LogP contribution < -0.4 is 20.5 Å². The molecule has 1 aliphatic heterocycles. The summed E-state index contributed by atoms with van der Waals surface area (Å²) < 4.78 is 16.1. The molecule has 1 saturated heterocycles. The van der Waals surface area contributed by atoms with E-state index in [2.05, 4.69) is 10.2 Å². The van der Waals surface area contributed by atoms with Crippen molar-refractivity contribution in [1.29, 1.82) is 0 Å². The highest BCUT2D eigenvalue weighted by molar-refractivity contribution is 5.85. The van der Waals surface area contributed by atoms with Gasteiger partial charge in [0.05, 0.1) is 39.5 Å². The van der Waals surface area contributed by atoms with Gasteiger partial charge in [-0.3, -0.25) is 9.69 Å². The zero-order chi connectivity index (χ0) is 17.5. The van der Waals surface area contributed by atoms with Gasteiger partial charge in [0.2, 0.25) is 5.91 Å². The summed E-state index contributed by atoms with van der Waals surface area (Å²) in [5, 5.41) is 2.93. The molecule has 26 heavy (non-hydrogen) atoms. The first-order chi connectivity index (χ1) is 11.6. The van der Waals surface area contributed by atoms with Gasteiger partial charge in [-0.1, -0.05) is 6.07 Å². The Morgan fingerprint density at radius 1 is 1.23 bits per heavy atom. The molecule has 0 aromatic heterocycles. The smallest absolute Gasteiger partial charge is 0.236 e. The van der Waals surface area contributed by atoms with Crippen LogP contribution in [0.25, 0.3) is 0 Å². The zero-order valence-corrected chi connectivity index (χ0v) is 17.0. The Kier molecular flexibility index (Phi) is 11.6. The molecule has 9 heteroatoms. The van der Waals surface area contributed by atoms with E-state index in [-0.39, 0.29) is 36.8 Å². The molecule has 150 valence electrons. The molecule has 1 unspecified atom stereocenters. The number of nitrogens with one attached hydrogen (secondary N) is 1. The van der Waals surface area contributed by atoms with Crippen LogP contribution in [0.5, 0.6) is 11.5 Å². The SMILES string of the molecule is COc1ccc(C(CNC(=O)[C@@H](C)N)N2CCOCC2)cc1OC.Cl.Cl. The molecular formula is C17H29Cl2N3O4. The number of nitrogens with two attached hydrogens (primary N) is 1. The van der Waals surface area contributed by atoms with E-state index in [4.69, 9.17) is 19.9 Å². The Bertz CT molecular complexity index is 555. The number of hydrogen-bond acceptors (Lipinski definition) is 6. The van der Waals surface area contributed by atoms with Crippen LogP contribution in [0.2, 0.25) is 0 Å².